The molecule has 0 aliphatic carbocycles. The molecule has 0 amide bonds. The lowest BCUT2D eigenvalue weighted by Gasteiger charge is -2.19. The van der Waals surface area contributed by atoms with E-state index >= 15 is 0 Å². The van der Waals surface area contributed by atoms with E-state index < -0.39 is 63.9 Å². The molecule has 0 saturated heterocycles. The summed E-state index contributed by atoms with van der Waals surface area (Å²) in [5.74, 6) is -4.89. The smallest absolute Gasteiger partial charge is 0.230 e. The van der Waals surface area contributed by atoms with Gasteiger partial charge in [0.2, 0.25) is 10.0 Å². The summed E-state index contributed by atoms with van der Waals surface area (Å²) >= 11 is 1.82. The quantitative estimate of drug-likeness (QED) is 0.388. The third-order valence-electron chi connectivity index (χ3n) is 3.14. The molecule has 0 heterocycles. The van der Waals surface area contributed by atoms with Crippen LogP contribution in [0.3, 0.4) is 0 Å². The van der Waals surface area contributed by atoms with Crippen LogP contribution in [0.1, 0.15) is 2.74 Å². The number of anilines is 3. The number of sulfonamides is 1. The zero-order chi connectivity index (χ0) is 22.9. The Morgan fingerprint density at radius 3 is 2.50 bits per heavy atom. The molecular formula is C16H16F3IN2O5S. The molecule has 12 heteroatoms. The Bertz CT molecular complexity index is 1060. The van der Waals surface area contributed by atoms with Gasteiger partial charge in [-0.25, -0.2) is 21.6 Å². The Balaban J connectivity index is 2.68. The third-order valence-corrected chi connectivity index (χ3v) is 4.39. The number of aliphatic hydroxyl groups excluding tert-OH is 2. The van der Waals surface area contributed by atoms with E-state index in [9.17, 15) is 26.7 Å². The zero-order valence-corrected chi connectivity index (χ0v) is 17.1. The van der Waals surface area contributed by atoms with Gasteiger partial charge in [0.05, 0.1) is 21.3 Å². The lowest BCUT2D eigenvalue weighted by Crippen LogP contribution is -2.22. The van der Waals surface area contributed by atoms with Crippen LogP contribution in [0.5, 0.6) is 5.75 Å². The molecule has 2 rings (SSSR count). The van der Waals surface area contributed by atoms with Gasteiger partial charge in [-0.15, -0.1) is 0 Å². The molecule has 7 nitrogen and oxygen atoms in total. The highest BCUT2D eigenvalue weighted by atomic mass is 127. The predicted molar refractivity (Wildman–Crippen MR) is 106 cm³/mol. The van der Waals surface area contributed by atoms with Crippen LogP contribution in [-0.4, -0.2) is 44.2 Å². The van der Waals surface area contributed by atoms with Crippen LogP contribution >= 0.6 is 22.6 Å². The fourth-order valence-electron chi connectivity index (χ4n) is 1.98. The second-order valence-electron chi connectivity index (χ2n) is 5.46. The fraction of sp³-hybridized carbons (Fsp3) is 0.250. The van der Waals surface area contributed by atoms with E-state index in [4.69, 9.17) is 12.6 Å². The average molecular weight is 534 g/mol. The molecule has 0 saturated carbocycles. The second-order valence-corrected chi connectivity index (χ2v) is 8.46. The molecule has 0 bridgehead atoms. The predicted octanol–water partition coefficient (Wildman–Crippen LogP) is 2.56. The first-order chi connectivity index (χ1) is 13.7. The van der Waals surface area contributed by atoms with Crippen molar-refractivity contribution in [1.82, 2.24) is 0 Å². The van der Waals surface area contributed by atoms with E-state index in [1.165, 1.54) is 12.1 Å². The van der Waals surface area contributed by atoms with Gasteiger partial charge < -0.3 is 20.3 Å². The maximum absolute atomic E-state index is 14.5. The summed E-state index contributed by atoms with van der Waals surface area (Å²) in [5.41, 5.74) is -1.99. The number of halogens is 4. The highest BCUT2D eigenvalue weighted by Crippen LogP contribution is 2.39. The zero-order valence-electron chi connectivity index (χ0n) is 16.1. The van der Waals surface area contributed by atoms with Crippen molar-refractivity contribution in [3.8, 4) is 5.75 Å². The molecule has 154 valence electrons. The van der Waals surface area contributed by atoms with Crippen molar-refractivity contribution in [2.75, 3.05) is 29.5 Å². The largest absolute Gasteiger partial charge is 0.488 e. The van der Waals surface area contributed by atoms with Gasteiger partial charge in [-0.05, 0) is 40.8 Å². The summed E-state index contributed by atoms with van der Waals surface area (Å²) in [6.07, 6.45) is -1.41. The number of hydrogen-bond donors (Lipinski definition) is 4. The monoisotopic (exact) mass is 534 g/mol. The highest BCUT2D eigenvalue weighted by Gasteiger charge is 2.23. The molecule has 28 heavy (non-hydrogen) atoms. The topological polar surface area (TPSA) is 108 Å². The molecule has 0 radical (unpaired) electrons. The number of aliphatic hydroxyl groups is 2. The summed E-state index contributed by atoms with van der Waals surface area (Å²) in [7, 11) is -4.13. The highest BCUT2D eigenvalue weighted by molar-refractivity contribution is 14.1. The Morgan fingerprint density at radius 2 is 1.93 bits per heavy atom. The number of nitrogens with one attached hydrogen (secondary N) is 2. The Hall–Kier alpha value is -1.77. The van der Waals surface area contributed by atoms with Gasteiger partial charge >= 0.3 is 0 Å². The van der Waals surface area contributed by atoms with Crippen molar-refractivity contribution in [3.05, 3.63) is 45.3 Å². The minimum atomic E-state index is -4.13. The maximum atomic E-state index is 14.5. The minimum Gasteiger partial charge on any atom is -0.488 e. The first-order valence-corrected chi connectivity index (χ1v) is 10.4. The minimum absolute atomic E-state index is 0.333. The van der Waals surface area contributed by atoms with Crippen LogP contribution in [0.4, 0.5) is 30.2 Å². The number of benzene rings is 2. The third kappa shape index (κ3) is 5.86. The summed E-state index contributed by atoms with van der Waals surface area (Å²) in [6.45, 7) is -4.09. The van der Waals surface area contributed by atoms with Crippen LogP contribution in [0.15, 0.2) is 24.3 Å². The number of rotatable bonds is 8. The maximum Gasteiger partial charge on any atom is 0.230 e. The first-order valence-electron chi connectivity index (χ1n) is 8.45. The molecule has 0 aromatic heterocycles. The van der Waals surface area contributed by atoms with Crippen LogP contribution in [0.25, 0.3) is 0 Å². The van der Waals surface area contributed by atoms with E-state index in [0.717, 1.165) is 6.07 Å². The van der Waals surface area contributed by atoms with Crippen molar-refractivity contribution in [1.29, 1.82) is 0 Å². The van der Waals surface area contributed by atoms with E-state index in [-0.39, 0.29) is 5.69 Å². The lowest BCUT2D eigenvalue weighted by atomic mass is 10.2. The van der Waals surface area contributed by atoms with Gasteiger partial charge in [0.1, 0.15) is 35.6 Å². The van der Waals surface area contributed by atoms with E-state index in [0.29, 0.717) is 15.9 Å². The standard InChI is InChI=1S/C16H16F3IN2O5S/c1-28(25,26)22-15-13(27-7-9(24)6-23)5-11(18)14(19)16(15)21-12-3-2-8(20)4-10(12)17/h2-5,9,21-24H,6-7H2,1H3/i7D2. The van der Waals surface area contributed by atoms with Crippen molar-refractivity contribution in [2.24, 2.45) is 0 Å². The molecular weight excluding hydrogens is 516 g/mol. The van der Waals surface area contributed by atoms with Gasteiger partial charge in [-0.2, -0.15) is 0 Å². The Kier molecular flexibility index (Phi) is 6.39. The second kappa shape index (κ2) is 9.15. The number of ether oxygens (including phenoxy) is 1. The molecule has 2 aromatic carbocycles. The van der Waals surface area contributed by atoms with Crippen LogP contribution in [0.2, 0.25) is 0 Å². The Labute approximate surface area is 175 Å². The van der Waals surface area contributed by atoms with Gasteiger partial charge in [-0.1, -0.05) is 0 Å². The van der Waals surface area contributed by atoms with E-state index in [1.807, 2.05) is 27.3 Å². The van der Waals surface area contributed by atoms with Crippen molar-refractivity contribution in [2.45, 2.75) is 6.10 Å². The van der Waals surface area contributed by atoms with Crippen molar-refractivity contribution >= 4 is 49.7 Å². The first kappa shape index (κ1) is 19.5. The van der Waals surface area contributed by atoms with E-state index in [1.54, 1.807) is 0 Å². The molecule has 0 aliphatic rings. The molecule has 0 fully saturated rings. The molecule has 0 spiro atoms. The molecule has 1 unspecified atom stereocenters. The van der Waals surface area contributed by atoms with Gasteiger partial charge in [0.15, 0.2) is 11.6 Å². The van der Waals surface area contributed by atoms with E-state index in [2.05, 4.69) is 5.32 Å². The molecule has 1 atom stereocenters. The van der Waals surface area contributed by atoms with Gasteiger partial charge in [-0.3, -0.25) is 4.72 Å². The summed E-state index contributed by atoms with van der Waals surface area (Å²) < 4.78 is 88.9. The van der Waals surface area contributed by atoms with Crippen LogP contribution in [-0.2, 0) is 10.0 Å². The average Bonchev–Trinajstić information content (AvgIpc) is 2.62. The van der Waals surface area contributed by atoms with Gasteiger partial charge in [0, 0.05) is 9.64 Å². The normalized spacial score (nSPS) is 14.1. The van der Waals surface area contributed by atoms with Crippen molar-refractivity contribution < 1.29 is 39.3 Å². The fourth-order valence-corrected chi connectivity index (χ4v) is 3.01. The Morgan fingerprint density at radius 1 is 1.25 bits per heavy atom. The lowest BCUT2D eigenvalue weighted by molar-refractivity contribution is 0.0537. The number of hydrogen-bond acceptors (Lipinski definition) is 6. The van der Waals surface area contributed by atoms with Gasteiger partial charge in [0.25, 0.3) is 0 Å². The van der Waals surface area contributed by atoms with Crippen molar-refractivity contribution in [3.63, 3.8) is 0 Å². The van der Waals surface area contributed by atoms with Crippen LogP contribution in [0, 0.1) is 21.0 Å². The molecule has 4 N–H and O–H groups in total. The molecule has 0 aliphatic heterocycles. The molecule has 2 aromatic rings. The van der Waals surface area contributed by atoms with Crippen LogP contribution < -0.4 is 14.8 Å². The summed E-state index contributed by atoms with van der Waals surface area (Å²) in [5, 5.41) is 20.7. The summed E-state index contributed by atoms with van der Waals surface area (Å²) in [4.78, 5) is 0. The SMILES string of the molecule is [2H]C([2H])(Oc1cc(F)c(F)c(Nc2ccc(I)cc2F)c1NS(C)(=O)=O)C(O)CO. The summed E-state index contributed by atoms with van der Waals surface area (Å²) in [6, 6.07) is 4.07.